The van der Waals surface area contributed by atoms with Crippen molar-refractivity contribution in [1.29, 1.82) is 0 Å². The van der Waals surface area contributed by atoms with Gasteiger partial charge in [-0.1, -0.05) is 43.0 Å². The van der Waals surface area contributed by atoms with Gasteiger partial charge in [-0.25, -0.2) is 14.4 Å². The second-order valence-corrected chi connectivity index (χ2v) is 9.68. The van der Waals surface area contributed by atoms with Crippen LogP contribution in [0.5, 0.6) is 11.5 Å². The summed E-state index contributed by atoms with van der Waals surface area (Å²) in [6.07, 6.45) is 6.71. The Morgan fingerprint density at radius 2 is 1.16 bits per heavy atom. The van der Waals surface area contributed by atoms with E-state index in [9.17, 15) is 14.4 Å². The molecule has 1 atom stereocenters. The number of benzene rings is 2. The van der Waals surface area contributed by atoms with Crippen molar-refractivity contribution in [2.45, 2.75) is 39.7 Å². The topological polar surface area (TPSA) is 116 Å². The molecule has 10 nitrogen and oxygen atoms in total. The first-order valence-corrected chi connectivity index (χ1v) is 14.9. The van der Waals surface area contributed by atoms with E-state index in [1.165, 1.54) is 12.2 Å². The van der Waals surface area contributed by atoms with Crippen molar-refractivity contribution < 1.29 is 47.5 Å². The Bertz CT molecular complexity index is 1230. The third-order valence-electron chi connectivity index (χ3n) is 6.01. The lowest BCUT2D eigenvalue weighted by Crippen LogP contribution is -2.13. The molecular formula is C35H44O10. The van der Waals surface area contributed by atoms with E-state index >= 15 is 0 Å². The highest BCUT2D eigenvalue weighted by Gasteiger charge is 2.18. The van der Waals surface area contributed by atoms with Crippen LogP contribution in [0.3, 0.4) is 0 Å². The van der Waals surface area contributed by atoms with Crippen LogP contribution in [0.4, 0.5) is 0 Å². The molecule has 0 saturated carbocycles. The second-order valence-electron chi connectivity index (χ2n) is 9.68. The van der Waals surface area contributed by atoms with Gasteiger partial charge in [0.15, 0.2) is 0 Å². The first kappa shape index (κ1) is 36.8. The van der Waals surface area contributed by atoms with Crippen molar-refractivity contribution in [3.63, 3.8) is 0 Å². The third-order valence-corrected chi connectivity index (χ3v) is 6.01. The number of hydrogen-bond acceptors (Lipinski definition) is 10. The minimum atomic E-state index is -0.470. The fourth-order valence-electron chi connectivity index (χ4n) is 3.76. The van der Waals surface area contributed by atoms with E-state index < -0.39 is 24.0 Å². The molecule has 0 bridgehead atoms. The van der Waals surface area contributed by atoms with E-state index in [0.717, 1.165) is 11.1 Å². The van der Waals surface area contributed by atoms with Crippen molar-refractivity contribution in [2.24, 2.45) is 0 Å². The number of hydrogen-bond donors (Lipinski definition) is 0. The second kappa shape index (κ2) is 22.2. The molecule has 2 aromatic rings. The van der Waals surface area contributed by atoms with Gasteiger partial charge in [-0.2, -0.15) is 0 Å². The van der Waals surface area contributed by atoms with Crippen molar-refractivity contribution >= 4 is 17.9 Å². The number of allylic oxidation sites excluding steroid dienone is 2. The summed E-state index contributed by atoms with van der Waals surface area (Å²) in [4.78, 5) is 34.9. The number of rotatable bonds is 22. The number of carbonyl (C=O) groups is 3. The molecule has 0 heterocycles. The smallest absolute Gasteiger partial charge is 0.333 e. The molecule has 10 heteroatoms. The van der Waals surface area contributed by atoms with Crippen LogP contribution in [0.2, 0.25) is 0 Å². The van der Waals surface area contributed by atoms with Gasteiger partial charge in [-0.05, 0) is 69.0 Å². The lowest BCUT2D eigenvalue weighted by Gasteiger charge is -2.19. The van der Waals surface area contributed by atoms with E-state index in [2.05, 4.69) is 6.58 Å². The van der Waals surface area contributed by atoms with Gasteiger partial charge in [0.2, 0.25) is 0 Å². The maximum atomic E-state index is 12.4. The maximum Gasteiger partial charge on any atom is 0.333 e. The molecule has 0 spiro atoms. The summed E-state index contributed by atoms with van der Waals surface area (Å²) in [5, 5.41) is 0. The van der Waals surface area contributed by atoms with Crippen LogP contribution < -0.4 is 9.47 Å². The van der Waals surface area contributed by atoms with E-state index in [1.807, 2.05) is 48.5 Å². The van der Waals surface area contributed by atoms with E-state index in [1.54, 1.807) is 32.9 Å². The standard InChI is InChI=1S/C35H44O10/c1-5-7-33(36)43-25-21-39-19-23-41-30-14-9-28(10-15-30)11-18-32(45-35(38)27(3)4)29-12-16-31(17-13-29)42-24-20-40-22-26-44-34(37)8-6-2/h5-10,12-17,32H,3,11,18-26H2,1-2,4H3. The number of esters is 3. The molecule has 0 aliphatic rings. The Balaban J connectivity index is 1.77. The Morgan fingerprint density at radius 1 is 0.689 bits per heavy atom. The summed E-state index contributed by atoms with van der Waals surface area (Å²) >= 11 is 0. The zero-order chi connectivity index (χ0) is 32.7. The fourth-order valence-corrected chi connectivity index (χ4v) is 3.76. The fraction of sp³-hybridized carbons (Fsp3) is 0.400. The van der Waals surface area contributed by atoms with Crippen LogP contribution >= 0.6 is 0 Å². The third kappa shape index (κ3) is 16.3. The average Bonchev–Trinajstić information content (AvgIpc) is 3.03. The van der Waals surface area contributed by atoms with E-state index in [-0.39, 0.29) is 19.8 Å². The number of aryl methyl sites for hydroxylation is 1. The zero-order valence-electron chi connectivity index (χ0n) is 26.4. The van der Waals surface area contributed by atoms with Crippen molar-refractivity contribution in [3.8, 4) is 11.5 Å². The molecule has 2 aromatic carbocycles. The van der Waals surface area contributed by atoms with E-state index in [0.29, 0.717) is 62.9 Å². The lowest BCUT2D eigenvalue weighted by molar-refractivity contribution is -0.145. The molecular weight excluding hydrogens is 580 g/mol. The van der Waals surface area contributed by atoms with Crippen LogP contribution in [0.25, 0.3) is 0 Å². The van der Waals surface area contributed by atoms with E-state index in [4.69, 9.17) is 33.2 Å². The lowest BCUT2D eigenvalue weighted by atomic mass is 10.0. The first-order valence-electron chi connectivity index (χ1n) is 14.9. The summed E-state index contributed by atoms with van der Waals surface area (Å²) in [7, 11) is 0. The summed E-state index contributed by atoms with van der Waals surface area (Å²) in [5.74, 6) is 0.126. The Kier molecular flexibility index (Phi) is 18.1. The maximum absolute atomic E-state index is 12.4. The predicted molar refractivity (Wildman–Crippen MR) is 169 cm³/mol. The van der Waals surface area contributed by atoms with Crippen molar-refractivity contribution in [3.05, 3.63) is 96.1 Å². The van der Waals surface area contributed by atoms with Gasteiger partial charge in [0.1, 0.15) is 44.0 Å². The minimum absolute atomic E-state index is 0.176. The van der Waals surface area contributed by atoms with Crippen LogP contribution in [-0.2, 0) is 44.5 Å². The molecule has 0 N–H and O–H groups in total. The Morgan fingerprint density at radius 3 is 1.62 bits per heavy atom. The normalized spacial score (nSPS) is 11.7. The quantitative estimate of drug-likeness (QED) is 0.0719. The highest BCUT2D eigenvalue weighted by atomic mass is 16.6. The summed E-state index contributed by atoms with van der Waals surface area (Å²) < 4.78 is 38.0. The molecule has 0 aromatic heterocycles. The highest BCUT2D eigenvalue weighted by molar-refractivity contribution is 5.87. The van der Waals surface area contributed by atoms with Gasteiger partial charge in [-0.3, -0.25) is 0 Å². The molecule has 0 amide bonds. The number of ether oxygens (including phenoxy) is 7. The number of carbonyl (C=O) groups excluding carboxylic acids is 3. The molecule has 0 saturated heterocycles. The van der Waals surface area contributed by atoms with Gasteiger partial charge >= 0.3 is 17.9 Å². The summed E-state index contributed by atoms with van der Waals surface area (Å²) in [6.45, 7) is 11.2. The molecule has 1 unspecified atom stereocenters. The Labute approximate surface area is 265 Å². The average molecular weight is 625 g/mol. The van der Waals surface area contributed by atoms with Crippen LogP contribution in [0.1, 0.15) is 44.4 Å². The molecule has 0 aliphatic heterocycles. The molecule has 45 heavy (non-hydrogen) atoms. The molecule has 0 fully saturated rings. The molecule has 0 radical (unpaired) electrons. The Hall–Kier alpha value is -4.41. The minimum Gasteiger partial charge on any atom is -0.491 e. The first-order chi connectivity index (χ1) is 21.8. The van der Waals surface area contributed by atoms with Gasteiger partial charge in [0.05, 0.1) is 26.4 Å². The van der Waals surface area contributed by atoms with Gasteiger partial charge in [-0.15, -0.1) is 0 Å². The predicted octanol–water partition coefficient (Wildman–Crippen LogP) is 5.51. The summed E-state index contributed by atoms with van der Waals surface area (Å²) in [6, 6.07) is 15.1. The highest BCUT2D eigenvalue weighted by Crippen LogP contribution is 2.27. The van der Waals surface area contributed by atoms with Crippen LogP contribution in [0.15, 0.2) is 85.0 Å². The summed E-state index contributed by atoms with van der Waals surface area (Å²) in [5.41, 5.74) is 2.24. The van der Waals surface area contributed by atoms with Gasteiger partial charge in [0.25, 0.3) is 0 Å². The largest absolute Gasteiger partial charge is 0.491 e. The van der Waals surface area contributed by atoms with Crippen LogP contribution in [0, 0.1) is 0 Å². The molecule has 2 rings (SSSR count). The SMILES string of the molecule is C=C(C)C(=O)OC(CCc1ccc(OCCOCCOC(=O)C=CC)cc1)c1ccc(OCCOCCOC(=O)C=CC)cc1. The zero-order valence-corrected chi connectivity index (χ0v) is 26.4. The molecule has 0 aliphatic carbocycles. The van der Waals surface area contributed by atoms with Crippen molar-refractivity contribution in [1.82, 2.24) is 0 Å². The van der Waals surface area contributed by atoms with Gasteiger partial charge in [0, 0.05) is 17.7 Å². The monoisotopic (exact) mass is 624 g/mol. The molecule has 244 valence electrons. The van der Waals surface area contributed by atoms with Crippen LogP contribution in [-0.4, -0.2) is 70.8 Å². The van der Waals surface area contributed by atoms with Crippen molar-refractivity contribution in [2.75, 3.05) is 52.9 Å². The van der Waals surface area contributed by atoms with Gasteiger partial charge < -0.3 is 33.2 Å².